The Labute approximate surface area is 124 Å². The number of benzene rings is 2. The summed E-state index contributed by atoms with van der Waals surface area (Å²) in [6, 6.07) is 11.0. The first-order valence-corrected chi connectivity index (χ1v) is 6.74. The number of carbonyl (C=O) groups is 1. The van der Waals surface area contributed by atoms with Crippen molar-refractivity contribution in [2.75, 3.05) is 12.1 Å². The highest BCUT2D eigenvalue weighted by Gasteiger charge is 2.19. The minimum absolute atomic E-state index is 0.0869. The minimum Gasteiger partial charge on any atom is -0.289 e. The highest BCUT2D eigenvalue weighted by atomic mass is 16.3. The van der Waals surface area contributed by atoms with Gasteiger partial charge in [-0.05, 0) is 44.0 Å². The van der Waals surface area contributed by atoms with E-state index >= 15 is 0 Å². The molecule has 0 bridgehead atoms. The lowest BCUT2D eigenvalue weighted by molar-refractivity contribution is 0.103. The van der Waals surface area contributed by atoms with Gasteiger partial charge in [-0.15, -0.1) is 4.91 Å². The summed E-state index contributed by atoms with van der Waals surface area (Å²) >= 11 is 0. The van der Waals surface area contributed by atoms with E-state index in [2.05, 4.69) is 5.29 Å². The Hall–Kier alpha value is -2.49. The van der Waals surface area contributed by atoms with Gasteiger partial charge >= 0.3 is 0 Å². The molecular formula is C17H18N2O2. The molecule has 0 amide bonds. The molecule has 0 saturated carbocycles. The smallest absolute Gasteiger partial charge is 0.195 e. The predicted molar refractivity (Wildman–Crippen MR) is 84.7 cm³/mol. The minimum atomic E-state index is -0.0869. The van der Waals surface area contributed by atoms with Crippen LogP contribution < -0.4 is 5.01 Å². The normalized spacial score (nSPS) is 10.3. The van der Waals surface area contributed by atoms with Crippen LogP contribution in [0.1, 0.15) is 32.6 Å². The first-order valence-electron chi connectivity index (χ1n) is 6.74. The molecule has 0 aliphatic rings. The molecule has 0 aliphatic heterocycles. The second kappa shape index (κ2) is 5.87. The van der Waals surface area contributed by atoms with Crippen LogP contribution in [0.25, 0.3) is 0 Å². The molecule has 4 heteroatoms. The molecule has 0 unspecified atom stereocenters. The summed E-state index contributed by atoms with van der Waals surface area (Å²) < 4.78 is 0. The largest absolute Gasteiger partial charge is 0.289 e. The summed E-state index contributed by atoms with van der Waals surface area (Å²) in [7, 11) is 1.54. The van der Waals surface area contributed by atoms with Crippen LogP contribution >= 0.6 is 0 Å². The number of ketones is 1. The second-order valence-electron chi connectivity index (χ2n) is 5.23. The van der Waals surface area contributed by atoms with Gasteiger partial charge in [0.05, 0.1) is 11.0 Å². The number of carbonyl (C=O) groups excluding carboxylic acids is 1. The van der Waals surface area contributed by atoms with Gasteiger partial charge in [0, 0.05) is 18.2 Å². The Kier molecular flexibility index (Phi) is 4.17. The third-order valence-corrected chi connectivity index (χ3v) is 3.52. The summed E-state index contributed by atoms with van der Waals surface area (Å²) in [6.45, 7) is 5.86. The summed E-state index contributed by atoms with van der Waals surface area (Å²) in [6.07, 6.45) is 0. The van der Waals surface area contributed by atoms with Gasteiger partial charge in [-0.3, -0.25) is 4.79 Å². The molecule has 21 heavy (non-hydrogen) atoms. The van der Waals surface area contributed by atoms with E-state index in [-0.39, 0.29) is 5.78 Å². The lowest BCUT2D eigenvalue weighted by atomic mass is 9.92. The van der Waals surface area contributed by atoms with Crippen molar-refractivity contribution in [3.05, 3.63) is 69.1 Å². The lowest BCUT2D eigenvalue weighted by Gasteiger charge is -2.16. The van der Waals surface area contributed by atoms with Crippen molar-refractivity contribution in [2.24, 2.45) is 5.29 Å². The first-order chi connectivity index (χ1) is 9.95. The van der Waals surface area contributed by atoms with E-state index in [1.165, 1.54) is 12.1 Å². The Morgan fingerprint density at radius 3 is 2.19 bits per heavy atom. The summed E-state index contributed by atoms with van der Waals surface area (Å²) in [5, 5.41) is 4.06. The van der Waals surface area contributed by atoms with Gasteiger partial charge in [0.2, 0.25) is 0 Å². The predicted octanol–water partition coefficient (Wildman–Crippen LogP) is 3.96. The Bertz CT molecular complexity index is 685. The van der Waals surface area contributed by atoms with Crippen LogP contribution in [0, 0.1) is 25.7 Å². The maximum absolute atomic E-state index is 12.9. The topological polar surface area (TPSA) is 49.7 Å². The molecule has 4 nitrogen and oxygen atoms in total. The van der Waals surface area contributed by atoms with Crippen molar-refractivity contribution in [3.8, 4) is 0 Å². The van der Waals surface area contributed by atoms with E-state index < -0.39 is 0 Å². The molecule has 0 saturated heterocycles. The van der Waals surface area contributed by atoms with Gasteiger partial charge in [0.1, 0.15) is 0 Å². The molecule has 0 aromatic heterocycles. The quantitative estimate of drug-likeness (QED) is 0.484. The summed E-state index contributed by atoms with van der Waals surface area (Å²) in [5.74, 6) is -0.0869. The zero-order chi connectivity index (χ0) is 15.6. The van der Waals surface area contributed by atoms with E-state index in [1.807, 2.05) is 32.9 Å². The fourth-order valence-corrected chi connectivity index (χ4v) is 2.66. The van der Waals surface area contributed by atoms with E-state index in [9.17, 15) is 9.70 Å². The fraction of sp³-hybridized carbons (Fsp3) is 0.235. The molecule has 0 radical (unpaired) electrons. The van der Waals surface area contributed by atoms with Crippen LogP contribution in [-0.2, 0) is 0 Å². The zero-order valence-electron chi connectivity index (χ0n) is 12.7. The van der Waals surface area contributed by atoms with Crippen LogP contribution in [0.5, 0.6) is 0 Å². The summed E-state index contributed by atoms with van der Waals surface area (Å²) in [5.41, 5.74) is 4.68. The third kappa shape index (κ3) is 2.84. The van der Waals surface area contributed by atoms with Crippen LogP contribution in [-0.4, -0.2) is 12.8 Å². The van der Waals surface area contributed by atoms with Gasteiger partial charge in [0.15, 0.2) is 5.78 Å². The Balaban J connectivity index is 2.59. The average Bonchev–Trinajstić information content (AvgIpc) is 2.45. The number of hydrogen-bond donors (Lipinski definition) is 0. The molecule has 2 aromatic carbocycles. The third-order valence-electron chi connectivity index (χ3n) is 3.52. The molecule has 0 heterocycles. The van der Waals surface area contributed by atoms with Crippen LogP contribution in [0.4, 0.5) is 5.69 Å². The lowest BCUT2D eigenvalue weighted by Crippen LogP contribution is -2.14. The molecule has 0 atom stereocenters. The average molecular weight is 282 g/mol. The number of nitroso groups, excluding NO2 is 1. The highest BCUT2D eigenvalue weighted by Crippen LogP contribution is 2.26. The van der Waals surface area contributed by atoms with Crippen LogP contribution in [0.3, 0.4) is 0 Å². The van der Waals surface area contributed by atoms with Crippen molar-refractivity contribution in [2.45, 2.75) is 20.8 Å². The number of nitrogens with zero attached hydrogens (tertiary/aromatic N) is 2. The fourth-order valence-electron chi connectivity index (χ4n) is 2.66. The molecule has 0 aliphatic carbocycles. The van der Waals surface area contributed by atoms with Crippen molar-refractivity contribution in [3.63, 3.8) is 0 Å². The first kappa shape index (κ1) is 14.9. The molecule has 2 aromatic rings. The monoisotopic (exact) mass is 282 g/mol. The molecule has 2 rings (SSSR count). The van der Waals surface area contributed by atoms with Gasteiger partial charge in [-0.1, -0.05) is 29.8 Å². The molecule has 108 valence electrons. The molecule has 0 N–H and O–H groups in total. The van der Waals surface area contributed by atoms with Gasteiger partial charge in [-0.25, -0.2) is 5.01 Å². The van der Waals surface area contributed by atoms with Gasteiger partial charge in [-0.2, -0.15) is 0 Å². The zero-order valence-corrected chi connectivity index (χ0v) is 12.7. The maximum atomic E-state index is 12.9. The molecule has 0 spiro atoms. The van der Waals surface area contributed by atoms with E-state index in [0.717, 1.165) is 16.7 Å². The van der Waals surface area contributed by atoms with Gasteiger partial charge < -0.3 is 0 Å². The molecule has 0 fully saturated rings. The molecular weight excluding hydrogens is 264 g/mol. The van der Waals surface area contributed by atoms with Crippen molar-refractivity contribution < 1.29 is 4.79 Å². The second-order valence-corrected chi connectivity index (χ2v) is 5.23. The maximum Gasteiger partial charge on any atom is 0.195 e. The summed E-state index contributed by atoms with van der Waals surface area (Å²) in [4.78, 5) is 23.6. The van der Waals surface area contributed by atoms with Crippen molar-refractivity contribution in [1.82, 2.24) is 0 Å². The van der Waals surface area contributed by atoms with E-state index in [4.69, 9.17) is 0 Å². The standard InChI is InChI=1S/C17H18N2O2/c1-11-9-12(2)16(13(3)10-11)17(20)14-7-5-6-8-15(14)19(4)18-21/h5-10H,1-4H3. The van der Waals surface area contributed by atoms with Crippen molar-refractivity contribution >= 4 is 11.5 Å². The van der Waals surface area contributed by atoms with Crippen LogP contribution in [0.15, 0.2) is 41.7 Å². The highest BCUT2D eigenvalue weighted by molar-refractivity contribution is 6.14. The number of rotatable bonds is 4. The number of aryl methyl sites for hydroxylation is 3. The SMILES string of the molecule is Cc1cc(C)c(C(=O)c2ccccc2N(C)N=O)c(C)c1. The number of para-hydroxylation sites is 1. The van der Waals surface area contributed by atoms with Gasteiger partial charge in [0.25, 0.3) is 0 Å². The van der Waals surface area contributed by atoms with E-state index in [0.29, 0.717) is 16.8 Å². The Morgan fingerprint density at radius 1 is 1.05 bits per heavy atom. The van der Waals surface area contributed by atoms with Crippen LogP contribution in [0.2, 0.25) is 0 Å². The van der Waals surface area contributed by atoms with E-state index in [1.54, 1.807) is 24.3 Å². The number of hydrogen-bond acceptors (Lipinski definition) is 3. The Morgan fingerprint density at radius 2 is 1.62 bits per heavy atom. The number of anilines is 1. The van der Waals surface area contributed by atoms with Crippen molar-refractivity contribution in [1.29, 1.82) is 0 Å².